The maximum absolute atomic E-state index is 12.4. The highest BCUT2D eigenvalue weighted by atomic mass is 35.5. The first-order valence-corrected chi connectivity index (χ1v) is 7.57. The Labute approximate surface area is 145 Å². The molecule has 6 nitrogen and oxygen atoms in total. The molecule has 0 saturated carbocycles. The van der Waals surface area contributed by atoms with Gasteiger partial charge in [-0.1, -0.05) is 0 Å². The van der Waals surface area contributed by atoms with Gasteiger partial charge in [-0.05, 0) is 26.7 Å². The van der Waals surface area contributed by atoms with E-state index in [0.29, 0.717) is 26.2 Å². The number of carbonyl (C=O) groups excluding carboxylic acids is 1. The van der Waals surface area contributed by atoms with Crippen molar-refractivity contribution in [1.82, 2.24) is 9.80 Å². The second-order valence-electron chi connectivity index (χ2n) is 6.04. The van der Waals surface area contributed by atoms with Crippen LogP contribution in [-0.4, -0.2) is 77.9 Å². The summed E-state index contributed by atoms with van der Waals surface area (Å²) in [6, 6.07) is 0.272. The van der Waals surface area contributed by atoms with Crippen molar-refractivity contribution in [3.8, 4) is 0 Å². The van der Waals surface area contributed by atoms with E-state index in [1.54, 1.807) is 6.92 Å². The van der Waals surface area contributed by atoms with Gasteiger partial charge in [0.2, 0.25) is 0 Å². The van der Waals surface area contributed by atoms with Crippen LogP contribution in [0.3, 0.4) is 0 Å². The van der Waals surface area contributed by atoms with E-state index in [9.17, 15) is 9.90 Å². The van der Waals surface area contributed by atoms with Crippen LogP contribution < -0.4 is 5.73 Å². The summed E-state index contributed by atoms with van der Waals surface area (Å²) in [4.78, 5) is 16.6. The van der Waals surface area contributed by atoms with Gasteiger partial charge < -0.3 is 20.5 Å². The Kier molecular flexibility index (Phi) is 9.85. The molecule has 22 heavy (non-hydrogen) atoms. The predicted octanol–water partition coefficient (Wildman–Crippen LogP) is 0.250. The number of piperazine rings is 1. The van der Waals surface area contributed by atoms with Crippen LogP contribution in [0.5, 0.6) is 0 Å². The average Bonchev–Trinajstić information content (AvgIpc) is 2.88. The van der Waals surface area contributed by atoms with Gasteiger partial charge in [0, 0.05) is 38.8 Å². The second kappa shape index (κ2) is 9.90. The van der Waals surface area contributed by atoms with Gasteiger partial charge in [-0.25, -0.2) is 0 Å². The molecule has 8 heteroatoms. The van der Waals surface area contributed by atoms with E-state index in [1.165, 1.54) is 0 Å². The van der Waals surface area contributed by atoms with Crippen molar-refractivity contribution in [2.24, 2.45) is 5.73 Å². The van der Waals surface area contributed by atoms with Crippen LogP contribution in [0.25, 0.3) is 0 Å². The fourth-order valence-corrected chi connectivity index (χ4v) is 3.07. The third-order valence-corrected chi connectivity index (χ3v) is 4.22. The molecule has 1 amide bonds. The lowest BCUT2D eigenvalue weighted by Crippen LogP contribution is -2.56. The lowest BCUT2D eigenvalue weighted by molar-refractivity contribution is -0.145. The molecule has 0 spiro atoms. The van der Waals surface area contributed by atoms with Crippen molar-refractivity contribution < 1.29 is 14.6 Å². The normalized spacial score (nSPS) is 30.4. The number of β-amino-alcohol motifs (C(OH)–C–C–N with tert-alkyl or cyclic N) is 1. The monoisotopic (exact) mass is 357 g/mol. The summed E-state index contributed by atoms with van der Waals surface area (Å²) in [5.74, 6) is 0.101. The predicted molar refractivity (Wildman–Crippen MR) is 90.7 cm³/mol. The van der Waals surface area contributed by atoms with Crippen LogP contribution >= 0.6 is 24.8 Å². The maximum atomic E-state index is 12.4. The SMILES string of the molecule is CC(O)CN1CCN(C(=O)[C@@H]2CC[C@H](CN)O2)CC1C.Cl.Cl. The molecule has 2 saturated heterocycles. The molecular weight excluding hydrogens is 329 g/mol. The number of amides is 1. The highest BCUT2D eigenvalue weighted by Crippen LogP contribution is 2.22. The average molecular weight is 358 g/mol. The Bertz CT molecular complexity index is 347. The summed E-state index contributed by atoms with van der Waals surface area (Å²) in [5, 5.41) is 9.47. The molecule has 2 fully saturated rings. The van der Waals surface area contributed by atoms with Crippen LogP contribution in [0.4, 0.5) is 0 Å². The first-order chi connectivity index (χ1) is 9.51. The van der Waals surface area contributed by atoms with Gasteiger partial charge in [0.05, 0.1) is 12.2 Å². The van der Waals surface area contributed by atoms with Crippen LogP contribution in [0.1, 0.15) is 26.7 Å². The molecule has 0 aromatic rings. The number of ether oxygens (including phenoxy) is 1. The number of halogens is 2. The van der Waals surface area contributed by atoms with Crippen molar-refractivity contribution >= 4 is 30.7 Å². The van der Waals surface area contributed by atoms with Gasteiger partial charge in [0.15, 0.2) is 0 Å². The lowest BCUT2D eigenvalue weighted by Gasteiger charge is -2.41. The highest BCUT2D eigenvalue weighted by Gasteiger charge is 2.35. The summed E-state index contributed by atoms with van der Waals surface area (Å²) in [5.41, 5.74) is 5.58. The maximum Gasteiger partial charge on any atom is 0.251 e. The number of rotatable bonds is 4. The number of carbonyl (C=O) groups is 1. The topological polar surface area (TPSA) is 79.0 Å². The van der Waals surface area contributed by atoms with Gasteiger partial charge in [0.25, 0.3) is 5.91 Å². The van der Waals surface area contributed by atoms with Crippen LogP contribution in [-0.2, 0) is 9.53 Å². The minimum absolute atomic E-state index is 0. The Morgan fingerprint density at radius 2 is 2.05 bits per heavy atom. The zero-order valence-electron chi connectivity index (χ0n) is 13.3. The third-order valence-electron chi connectivity index (χ3n) is 4.22. The molecular formula is C14H29Cl2N3O3. The Balaban J connectivity index is 0.00000220. The zero-order valence-corrected chi connectivity index (χ0v) is 14.9. The number of hydrogen-bond donors (Lipinski definition) is 2. The van der Waals surface area contributed by atoms with Crippen molar-refractivity contribution in [1.29, 1.82) is 0 Å². The third kappa shape index (κ3) is 5.51. The molecule has 3 N–H and O–H groups in total. The molecule has 0 radical (unpaired) electrons. The highest BCUT2D eigenvalue weighted by molar-refractivity contribution is 5.85. The minimum Gasteiger partial charge on any atom is -0.392 e. The number of nitrogens with zero attached hydrogens (tertiary/aromatic N) is 2. The standard InChI is InChI=1S/C14H27N3O3.2ClH/c1-10-8-17(6-5-16(10)9-11(2)18)14(19)13-4-3-12(7-15)20-13;;/h10-13,18H,3-9,15H2,1-2H3;2*1H/t10?,11?,12-,13+;;/m1../s1. The fraction of sp³-hybridized carbons (Fsp3) is 0.929. The van der Waals surface area contributed by atoms with Crippen molar-refractivity contribution in [3.05, 3.63) is 0 Å². The molecule has 2 aliphatic rings. The number of aliphatic hydroxyl groups is 1. The molecule has 0 aliphatic carbocycles. The zero-order chi connectivity index (χ0) is 14.7. The molecule has 2 unspecified atom stereocenters. The van der Waals surface area contributed by atoms with Crippen LogP contribution in [0.15, 0.2) is 0 Å². The molecule has 2 rings (SSSR count). The summed E-state index contributed by atoms with van der Waals surface area (Å²) in [7, 11) is 0. The van der Waals surface area contributed by atoms with E-state index >= 15 is 0 Å². The molecule has 132 valence electrons. The largest absolute Gasteiger partial charge is 0.392 e. The quantitative estimate of drug-likeness (QED) is 0.753. The smallest absolute Gasteiger partial charge is 0.251 e. The molecule has 4 atom stereocenters. The van der Waals surface area contributed by atoms with E-state index in [1.807, 2.05) is 4.90 Å². The van der Waals surface area contributed by atoms with E-state index < -0.39 is 0 Å². The van der Waals surface area contributed by atoms with Crippen LogP contribution in [0, 0.1) is 0 Å². The van der Waals surface area contributed by atoms with Gasteiger partial charge in [-0.3, -0.25) is 9.69 Å². The van der Waals surface area contributed by atoms with Crippen molar-refractivity contribution in [2.75, 3.05) is 32.7 Å². The summed E-state index contributed by atoms with van der Waals surface area (Å²) >= 11 is 0. The Hall–Kier alpha value is -0.110. The molecule has 0 aromatic heterocycles. The second-order valence-corrected chi connectivity index (χ2v) is 6.04. The Morgan fingerprint density at radius 1 is 1.36 bits per heavy atom. The van der Waals surface area contributed by atoms with Crippen molar-refractivity contribution in [3.63, 3.8) is 0 Å². The van der Waals surface area contributed by atoms with Crippen molar-refractivity contribution in [2.45, 2.75) is 51.0 Å². The van der Waals surface area contributed by atoms with E-state index in [4.69, 9.17) is 10.5 Å². The van der Waals surface area contributed by atoms with Gasteiger partial charge in [-0.15, -0.1) is 24.8 Å². The van der Waals surface area contributed by atoms with Gasteiger partial charge in [-0.2, -0.15) is 0 Å². The first-order valence-electron chi connectivity index (χ1n) is 7.57. The summed E-state index contributed by atoms with van der Waals surface area (Å²) in [6.07, 6.45) is 1.06. The first kappa shape index (κ1) is 21.9. The van der Waals surface area contributed by atoms with E-state index in [2.05, 4.69) is 11.8 Å². The molecule has 2 heterocycles. The minimum atomic E-state index is -0.330. The molecule has 0 aromatic carbocycles. The van der Waals surface area contributed by atoms with Gasteiger partial charge >= 0.3 is 0 Å². The number of aliphatic hydroxyl groups excluding tert-OH is 1. The molecule has 2 aliphatic heterocycles. The summed E-state index contributed by atoms with van der Waals surface area (Å²) in [6.45, 7) is 7.27. The molecule has 0 bridgehead atoms. The number of hydrogen-bond acceptors (Lipinski definition) is 5. The Morgan fingerprint density at radius 3 is 2.55 bits per heavy atom. The van der Waals surface area contributed by atoms with E-state index in [0.717, 1.165) is 19.4 Å². The fourth-order valence-electron chi connectivity index (χ4n) is 3.07. The van der Waals surface area contributed by atoms with Gasteiger partial charge in [0.1, 0.15) is 6.10 Å². The lowest BCUT2D eigenvalue weighted by atomic mass is 10.1. The van der Waals surface area contributed by atoms with Crippen LogP contribution in [0.2, 0.25) is 0 Å². The van der Waals surface area contributed by atoms with E-state index in [-0.39, 0.29) is 55.1 Å². The number of nitrogens with two attached hydrogens (primary N) is 1. The summed E-state index contributed by atoms with van der Waals surface area (Å²) < 4.78 is 5.68.